The van der Waals surface area contributed by atoms with Gasteiger partial charge in [-0.2, -0.15) is 0 Å². The molecule has 20 heavy (non-hydrogen) atoms. The molecule has 0 heterocycles. The molecule has 2 saturated carbocycles. The summed E-state index contributed by atoms with van der Waals surface area (Å²) in [4.78, 5) is 22.9. The third-order valence-corrected chi connectivity index (χ3v) is 5.09. The third-order valence-electron chi connectivity index (χ3n) is 5.09. The summed E-state index contributed by atoms with van der Waals surface area (Å²) in [6.07, 6.45) is 6.97. The maximum Gasteiger partial charge on any atom is 0.344 e. The van der Waals surface area contributed by atoms with Crippen molar-refractivity contribution in [2.45, 2.75) is 51.6 Å². The molecule has 0 amide bonds. The van der Waals surface area contributed by atoms with Crippen LogP contribution in [0.15, 0.2) is 12.7 Å². The van der Waals surface area contributed by atoms with Gasteiger partial charge in [0.05, 0.1) is 0 Å². The van der Waals surface area contributed by atoms with Gasteiger partial charge in [-0.15, -0.1) is 0 Å². The van der Waals surface area contributed by atoms with Crippen LogP contribution in [0.3, 0.4) is 0 Å². The normalized spacial score (nSPS) is 36.0. The van der Waals surface area contributed by atoms with Crippen LogP contribution in [0.5, 0.6) is 0 Å². The first-order chi connectivity index (χ1) is 9.45. The number of carbonyl (C=O) groups excluding carboxylic acids is 2. The van der Waals surface area contributed by atoms with Gasteiger partial charge in [0.1, 0.15) is 5.60 Å². The molecule has 4 nitrogen and oxygen atoms in total. The molecule has 0 saturated heterocycles. The first kappa shape index (κ1) is 15.1. The van der Waals surface area contributed by atoms with Crippen molar-refractivity contribution in [3.05, 3.63) is 12.7 Å². The Morgan fingerprint density at radius 1 is 1.35 bits per heavy atom. The number of ether oxygens (including phenoxy) is 2. The molecule has 2 bridgehead atoms. The smallest absolute Gasteiger partial charge is 0.344 e. The lowest BCUT2D eigenvalue weighted by atomic mass is 9.60. The molecule has 4 heteroatoms. The molecule has 0 aromatic carbocycles. The van der Waals surface area contributed by atoms with Crippen LogP contribution in [-0.2, 0) is 19.1 Å². The lowest BCUT2D eigenvalue weighted by Gasteiger charge is -2.50. The van der Waals surface area contributed by atoms with Crippen LogP contribution in [0.1, 0.15) is 46.0 Å². The fourth-order valence-corrected chi connectivity index (χ4v) is 3.81. The Hall–Kier alpha value is -1.32. The SMILES string of the molecule is C=CC(=O)OCC(=O)OC1(C)C(C)CC2CCCC1C2. The van der Waals surface area contributed by atoms with Gasteiger partial charge in [-0.05, 0) is 43.9 Å². The Morgan fingerprint density at radius 2 is 2.10 bits per heavy atom. The van der Waals surface area contributed by atoms with Crippen LogP contribution in [0, 0.1) is 17.8 Å². The molecule has 2 aliphatic rings. The first-order valence-corrected chi connectivity index (χ1v) is 7.46. The summed E-state index contributed by atoms with van der Waals surface area (Å²) in [6.45, 7) is 7.16. The van der Waals surface area contributed by atoms with Crippen LogP contribution in [0.2, 0.25) is 0 Å². The summed E-state index contributed by atoms with van der Waals surface area (Å²) >= 11 is 0. The van der Waals surface area contributed by atoms with Gasteiger partial charge in [0.15, 0.2) is 6.61 Å². The Labute approximate surface area is 120 Å². The van der Waals surface area contributed by atoms with Crippen LogP contribution in [0.25, 0.3) is 0 Å². The van der Waals surface area contributed by atoms with E-state index >= 15 is 0 Å². The second-order valence-electron chi connectivity index (χ2n) is 6.34. The zero-order chi connectivity index (χ0) is 14.8. The van der Waals surface area contributed by atoms with E-state index in [4.69, 9.17) is 9.47 Å². The average molecular weight is 280 g/mol. The molecule has 2 aliphatic carbocycles. The first-order valence-electron chi connectivity index (χ1n) is 7.46. The number of esters is 2. The molecule has 0 aromatic rings. The quantitative estimate of drug-likeness (QED) is 0.587. The Bertz CT molecular complexity index is 401. The summed E-state index contributed by atoms with van der Waals surface area (Å²) < 4.78 is 10.5. The molecule has 0 aliphatic heterocycles. The standard InChI is InChI=1S/C16H24O4/c1-4-14(17)19-10-15(18)20-16(3)11(2)8-12-6-5-7-13(16)9-12/h4,11-13H,1,5-10H2,2-3H3. The second-order valence-corrected chi connectivity index (χ2v) is 6.34. The lowest BCUT2D eigenvalue weighted by molar-refractivity contribution is -0.188. The molecule has 112 valence electrons. The lowest BCUT2D eigenvalue weighted by Crippen LogP contribution is -2.51. The second kappa shape index (κ2) is 5.98. The van der Waals surface area contributed by atoms with Crippen LogP contribution in [0.4, 0.5) is 0 Å². The van der Waals surface area contributed by atoms with Crippen molar-refractivity contribution in [3.63, 3.8) is 0 Å². The third kappa shape index (κ3) is 3.05. The minimum Gasteiger partial charge on any atom is -0.456 e. The molecule has 0 N–H and O–H groups in total. The molecule has 4 atom stereocenters. The number of hydrogen-bond donors (Lipinski definition) is 0. The van der Waals surface area contributed by atoms with Crippen molar-refractivity contribution < 1.29 is 19.1 Å². The molecule has 4 unspecified atom stereocenters. The monoisotopic (exact) mass is 280 g/mol. The zero-order valence-electron chi connectivity index (χ0n) is 12.4. The molecule has 0 radical (unpaired) electrons. The zero-order valence-corrected chi connectivity index (χ0v) is 12.4. The van der Waals surface area contributed by atoms with Gasteiger partial charge in [0, 0.05) is 6.08 Å². The summed E-state index contributed by atoms with van der Waals surface area (Å²) in [6, 6.07) is 0. The van der Waals surface area contributed by atoms with Crippen molar-refractivity contribution in [1.82, 2.24) is 0 Å². The van der Waals surface area contributed by atoms with E-state index in [0.717, 1.165) is 31.3 Å². The van der Waals surface area contributed by atoms with Gasteiger partial charge in [0.2, 0.25) is 0 Å². The van der Waals surface area contributed by atoms with E-state index in [9.17, 15) is 9.59 Å². The summed E-state index contributed by atoms with van der Waals surface area (Å²) in [5.41, 5.74) is -0.422. The average Bonchev–Trinajstić information content (AvgIpc) is 2.43. The van der Waals surface area contributed by atoms with Gasteiger partial charge in [-0.1, -0.05) is 26.3 Å². The van der Waals surface area contributed by atoms with E-state index in [-0.39, 0.29) is 6.61 Å². The van der Waals surface area contributed by atoms with Crippen LogP contribution < -0.4 is 0 Å². The maximum atomic E-state index is 11.9. The molecular formula is C16H24O4. The van der Waals surface area contributed by atoms with Gasteiger partial charge in [0.25, 0.3) is 0 Å². The maximum absolute atomic E-state index is 11.9. The number of fused-ring (bicyclic) bond motifs is 2. The predicted molar refractivity (Wildman–Crippen MR) is 74.9 cm³/mol. The topological polar surface area (TPSA) is 52.6 Å². The predicted octanol–water partition coefficient (Wildman–Crippen LogP) is 2.86. The minimum absolute atomic E-state index is 0.330. The minimum atomic E-state index is -0.596. The van der Waals surface area contributed by atoms with Crippen molar-refractivity contribution in [1.29, 1.82) is 0 Å². The van der Waals surface area contributed by atoms with Gasteiger partial charge in [-0.3, -0.25) is 0 Å². The van der Waals surface area contributed by atoms with Crippen molar-refractivity contribution in [2.24, 2.45) is 17.8 Å². The number of carbonyl (C=O) groups is 2. The number of hydrogen-bond acceptors (Lipinski definition) is 4. The Morgan fingerprint density at radius 3 is 2.80 bits per heavy atom. The summed E-state index contributed by atoms with van der Waals surface area (Å²) in [7, 11) is 0. The highest BCUT2D eigenvalue weighted by molar-refractivity contribution is 5.83. The summed E-state index contributed by atoms with van der Waals surface area (Å²) in [5.74, 6) is 0.517. The van der Waals surface area contributed by atoms with Gasteiger partial charge < -0.3 is 9.47 Å². The molecule has 0 spiro atoms. The highest BCUT2D eigenvalue weighted by atomic mass is 16.6. The van der Waals surface area contributed by atoms with E-state index in [1.165, 1.54) is 12.8 Å². The van der Waals surface area contributed by atoms with E-state index in [2.05, 4.69) is 13.5 Å². The van der Waals surface area contributed by atoms with E-state index in [1.807, 2.05) is 6.92 Å². The van der Waals surface area contributed by atoms with Crippen LogP contribution in [-0.4, -0.2) is 24.1 Å². The highest BCUT2D eigenvalue weighted by Crippen LogP contribution is 2.49. The largest absolute Gasteiger partial charge is 0.456 e. The number of rotatable bonds is 4. The van der Waals surface area contributed by atoms with E-state index < -0.39 is 17.5 Å². The molecule has 0 aromatic heterocycles. The highest BCUT2D eigenvalue weighted by Gasteiger charge is 2.49. The molecular weight excluding hydrogens is 256 g/mol. The fraction of sp³-hybridized carbons (Fsp3) is 0.750. The van der Waals surface area contributed by atoms with E-state index in [1.54, 1.807) is 0 Å². The molecule has 2 fully saturated rings. The fourth-order valence-electron chi connectivity index (χ4n) is 3.81. The van der Waals surface area contributed by atoms with Crippen LogP contribution >= 0.6 is 0 Å². The van der Waals surface area contributed by atoms with Crippen molar-refractivity contribution >= 4 is 11.9 Å². The van der Waals surface area contributed by atoms with Gasteiger partial charge >= 0.3 is 11.9 Å². The van der Waals surface area contributed by atoms with Crippen molar-refractivity contribution in [3.8, 4) is 0 Å². The summed E-state index contributed by atoms with van der Waals surface area (Å²) in [5, 5.41) is 0. The molecule has 2 rings (SSSR count). The Balaban J connectivity index is 1.96. The Kier molecular flexibility index (Phi) is 4.51. The van der Waals surface area contributed by atoms with E-state index in [0.29, 0.717) is 11.8 Å². The van der Waals surface area contributed by atoms with Crippen molar-refractivity contribution in [2.75, 3.05) is 6.61 Å². The van der Waals surface area contributed by atoms with Gasteiger partial charge in [-0.25, -0.2) is 9.59 Å².